The molecular weight excluding hydrogens is 294 g/mol. The van der Waals surface area contributed by atoms with Crippen LogP contribution in [0.15, 0.2) is 16.7 Å². The summed E-state index contributed by atoms with van der Waals surface area (Å²) in [5, 5.41) is 2.90. The predicted molar refractivity (Wildman–Crippen MR) is 75.3 cm³/mol. The Hall–Kier alpha value is -0.940. The van der Waals surface area contributed by atoms with Crippen LogP contribution in [0, 0.1) is 6.92 Å². The minimum absolute atomic E-state index is 0.0885. The fourth-order valence-electron chi connectivity index (χ4n) is 2.32. The zero-order valence-corrected chi connectivity index (χ0v) is 12.1. The zero-order valence-electron chi connectivity index (χ0n) is 10.5. The van der Waals surface area contributed by atoms with E-state index in [1.165, 1.54) is 6.42 Å². The van der Waals surface area contributed by atoms with Crippen LogP contribution in [0.2, 0.25) is 0 Å². The molecule has 1 aromatic heterocycles. The molecule has 18 heavy (non-hydrogen) atoms. The van der Waals surface area contributed by atoms with Crippen LogP contribution in [0.5, 0.6) is 0 Å². The minimum atomic E-state index is -0.711. The molecule has 1 aliphatic carbocycles. The van der Waals surface area contributed by atoms with Gasteiger partial charge < -0.3 is 11.1 Å². The van der Waals surface area contributed by atoms with Crippen LogP contribution in [0.25, 0.3) is 0 Å². The Balaban J connectivity index is 2.11. The third-order valence-electron chi connectivity index (χ3n) is 3.50. The fraction of sp³-hybridized carbons (Fsp3) is 0.538. The molecule has 1 aliphatic rings. The molecule has 1 amide bonds. The lowest BCUT2D eigenvalue weighted by molar-refractivity contribution is -0.122. The summed E-state index contributed by atoms with van der Waals surface area (Å²) in [6, 6.07) is 3.66. The average molecular weight is 312 g/mol. The number of aryl methyl sites for hydroxylation is 1. The van der Waals surface area contributed by atoms with Crippen molar-refractivity contribution >= 4 is 27.5 Å². The summed E-state index contributed by atoms with van der Waals surface area (Å²) in [5.74, 6) is -0.0885. The van der Waals surface area contributed by atoms with Gasteiger partial charge in [0.15, 0.2) is 0 Å². The second-order valence-electron chi connectivity index (χ2n) is 4.94. The van der Waals surface area contributed by atoms with Crippen LogP contribution in [0.1, 0.15) is 37.8 Å². The first kappa shape index (κ1) is 13.5. The maximum atomic E-state index is 12.3. The molecule has 0 aromatic carbocycles. The van der Waals surface area contributed by atoms with E-state index in [9.17, 15) is 4.79 Å². The molecule has 0 spiro atoms. The average Bonchev–Trinajstić information content (AvgIpc) is 2.33. The van der Waals surface area contributed by atoms with Crippen LogP contribution < -0.4 is 11.1 Å². The maximum Gasteiger partial charge on any atom is 0.244 e. The molecule has 0 unspecified atom stereocenters. The highest BCUT2D eigenvalue weighted by Gasteiger charge is 2.35. The van der Waals surface area contributed by atoms with Gasteiger partial charge in [-0.1, -0.05) is 19.3 Å². The first-order valence-corrected chi connectivity index (χ1v) is 7.04. The van der Waals surface area contributed by atoms with E-state index in [1.54, 1.807) is 0 Å². The highest BCUT2D eigenvalue weighted by Crippen LogP contribution is 2.27. The quantitative estimate of drug-likeness (QED) is 0.825. The summed E-state index contributed by atoms with van der Waals surface area (Å²) in [4.78, 5) is 16.5. The number of rotatable bonds is 2. The summed E-state index contributed by atoms with van der Waals surface area (Å²) in [6.07, 6.45) is 4.76. The second kappa shape index (κ2) is 5.36. The number of anilines is 1. The number of carbonyl (C=O) groups excluding carboxylic acids is 1. The molecule has 1 aromatic rings. The van der Waals surface area contributed by atoms with Crippen molar-refractivity contribution in [1.82, 2.24) is 4.98 Å². The van der Waals surface area contributed by atoms with Gasteiger partial charge in [-0.15, -0.1) is 0 Å². The van der Waals surface area contributed by atoms with Gasteiger partial charge in [-0.2, -0.15) is 0 Å². The molecule has 0 aliphatic heterocycles. The van der Waals surface area contributed by atoms with E-state index in [1.807, 2.05) is 19.1 Å². The summed E-state index contributed by atoms with van der Waals surface area (Å²) >= 11 is 3.30. The largest absolute Gasteiger partial charge is 0.323 e. The highest BCUT2D eigenvalue weighted by molar-refractivity contribution is 9.10. The monoisotopic (exact) mass is 311 g/mol. The van der Waals surface area contributed by atoms with Gasteiger partial charge in [-0.05, 0) is 47.8 Å². The van der Waals surface area contributed by atoms with E-state index >= 15 is 0 Å². The Morgan fingerprint density at radius 1 is 1.39 bits per heavy atom. The van der Waals surface area contributed by atoms with Crippen molar-refractivity contribution in [1.29, 1.82) is 0 Å². The van der Waals surface area contributed by atoms with Gasteiger partial charge in [0, 0.05) is 0 Å². The van der Waals surface area contributed by atoms with Gasteiger partial charge in [-0.25, -0.2) is 4.98 Å². The number of nitrogens with one attached hydrogen (secondary N) is 1. The van der Waals surface area contributed by atoms with Gasteiger partial charge in [0.2, 0.25) is 5.91 Å². The molecule has 4 nitrogen and oxygen atoms in total. The number of carbonyl (C=O) groups is 1. The van der Waals surface area contributed by atoms with Crippen LogP contribution in [-0.4, -0.2) is 16.4 Å². The fourth-order valence-corrected chi connectivity index (χ4v) is 2.72. The molecule has 1 fully saturated rings. The predicted octanol–water partition coefficient (Wildman–Crippen LogP) is 2.75. The SMILES string of the molecule is Cc1nc(Br)ccc1NC(=O)C1(N)CCCCC1. The highest BCUT2D eigenvalue weighted by atomic mass is 79.9. The number of amides is 1. The van der Waals surface area contributed by atoms with Gasteiger partial charge in [0.05, 0.1) is 16.9 Å². The lowest BCUT2D eigenvalue weighted by Gasteiger charge is -2.31. The van der Waals surface area contributed by atoms with E-state index in [0.717, 1.165) is 41.7 Å². The van der Waals surface area contributed by atoms with Crippen molar-refractivity contribution < 1.29 is 4.79 Å². The number of hydrogen-bond donors (Lipinski definition) is 2. The molecule has 3 N–H and O–H groups in total. The number of aromatic nitrogens is 1. The van der Waals surface area contributed by atoms with Crippen molar-refractivity contribution in [3.8, 4) is 0 Å². The Morgan fingerprint density at radius 3 is 2.67 bits per heavy atom. The maximum absolute atomic E-state index is 12.3. The first-order chi connectivity index (χ1) is 8.51. The van der Waals surface area contributed by atoms with Crippen LogP contribution in [0.4, 0.5) is 5.69 Å². The third-order valence-corrected chi connectivity index (χ3v) is 3.94. The molecule has 0 saturated heterocycles. The lowest BCUT2D eigenvalue weighted by Crippen LogP contribution is -2.52. The summed E-state index contributed by atoms with van der Waals surface area (Å²) in [7, 11) is 0. The van der Waals surface area contributed by atoms with Crippen LogP contribution >= 0.6 is 15.9 Å². The van der Waals surface area contributed by atoms with Crippen LogP contribution in [-0.2, 0) is 4.79 Å². The Kier molecular flexibility index (Phi) is 4.02. The standard InChI is InChI=1S/C13H18BrN3O/c1-9-10(5-6-11(14)16-9)17-12(18)13(15)7-3-2-4-8-13/h5-6H,2-4,7-8,15H2,1H3,(H,17,18). The van der Waals surface area contributed by atoms with E-state index in [0.29, 0.717) is 0 Å². The van der Waals surface area contributed by atoms with Crippen molar-refractivity contribution in [3.63, 3.8) is 0 Å². The number of nitrogens with zero attached hydrogens (tertiary/aromatic N) is 1. The molecule has 0 bridgehead atoms. The Labute approximate surface area is 115 Å². The van der Waals surface area contributed by atoms with Crippen molar-refractivity contribution in [3.05, 3.63) is 22.4 Å². The van der Waals surface area contributed by atoms with Gasteiger partial charge in [0.25, 0.3) is 0 Å². The molecule has 5 heteroatoms. The van der Waals surface area contributed by atoms with Gasteiger partial charge in [-0.3, -0.25) is 4.79 Å². The molecule has 1 heterocycles. The first-order valence-electron chi connectivity index (χ1n) is 6.25. The second-order valence-corrected chi connectivity index (χ2v) is 5.75. The Morgan fingerprint density at radius 2 is 2.06 bits per heavy atom. The topological polar surface area (TPSA) is 68.0 Å². The third kappa shape index (κ3) is 2.90. The van der Waals surface area contributed by atoms with Crippen molar-refractivity contribution in [2.24, 2.45) is 5.73 Å². The normalized spacial score (nSPS) is 18.4. The Bertz CT molecular complexity index is 456. The smallest absolute Gasteiger partial charge is 0.244 e. The molecule has 0 atom stereocenters. The summed E-state index contributed by atoms with van der Waals surface area (Å²) in [5.41, 5.74) is 7.00. The van der Waals surface area contributed by atoms with Crippen molar-refractivity contribution in [2.45, 2.75) is 44.6 Å². The van der Waals surface area contributed by atoms with E-state index in [-0.39, 0.29) is 5.91 Å². The van der Waals surface area contributed by atoms with Gasteiger partial charge in [0.1, 0.15) is 4.60 Å². The molecule has 98 valence electrons. The van der Waals surface area contributed by atoms with Gasteiger partial charge >= 0.3 is 0 Å². The number of nitrogens with two attached hydrogens (primary N) is 1. The molecular formula is C13H18BrN3O. The zero-order chi connectivity index (χ0) is 13.2. The number of pyridine rings is 1. The number of hydrogen-bond acceptors (Lipinski definition) is 3. The lowest BCUT2D eigenvalue weighted by atomic mass is 9.82. The minimum Gasteiger partial charge on any atom is -0.323 e. The van der Waals surface area contributed by atoms with E-state index in [4.69, 9.17) is 5.73 Å². The summed E-state index contributed by atoms with van der Waals surface area (Å²) < 4.78 is 0.762. The van der Waals surface area contributed by atoms with E-state index in [2.05, 4.69) is 26.2 Å². The van der Waals surface area contributed by atoms with E-state index < -0.39 is 5.54 Å². The summed E-state index contributed by atoms with van der Waals surface area (Å²) in [6.45, 7) is 1.87. The molecule has 0 radical (unpaired) electrons. The van der Waals surface area contributed by atoms with Crippen LogP contribution in [0.3, 0.4) is 0 Å². The molecule has 1 saturated carbocycles. The number of halogens is 1. The van der Waals surface area contributed by atoms with Crippen molar-refractivity contribution in [2.75, 3.05) is 5.32 Å². The molecule has 2 rings (SSSR count).